The van der Waals surface area contributed by atoms with Gasteiger partial charge >= 0.3 is 0 Å². The van der Waals surface area contributed by atoms with E-state index in [1.807, 2.05) is 24.3 Å². The second-order valence-corrected chi connectivity index (χ2v) is 23.8. The van der Waals surface area contributed by atoms with Gasteiger partial charge < -0.3 is 84.0 Å². The number of fused-ring (bicyclic) bond motifs is 3. The van der Waals surface area contributed by atoms with Gasteiger partial charge in [0.15, 0.2) is 17.9 Å². The van der Waals surface area contributed by atoms with Crippen LogP contribution in [0.15, 0.2) is 65.5 Å². The van der Waals surface area contributed by atoms with Crippen molar-refractivity contribution in [3.63, 3.8) is 0 Å². The molecule has 0 unspecified atom stereocenters. The SMILES string of the molecule is NC[C@H]1O[C@H](O[C@H]2[C@H](OCCSSCCNCCNc3ccc(NCCNCCSSCCC(=O)NCCCc4ccc5ccc(=O)[nH]c5n4)c4c3C(=O)c3ccccc3C4=O)[C@@H](O)[C@H](N)C[C@@H]2N)[C@H](N)[C@@H](O)[C@@H]1O. The lowest BCUT2D eigenvalue weighted by Crippen LogP contribution is -2.67. The minimum Gasteiger partial charge on any atom is -0.389 e. The number of amides is 1. The van der Waals surface area contributed by atoms with Gasteiger partial charge in [0.2, 0.25) is 11.5 Å². The Kier molecular flexibility index (Phi) is 23.3. The first-order valence-corrected chi connectivity index (χ1v) is 30.3. The Bertz CT molecular complexity index is 2570. The number of aromatic amines is 1. The third kappa shape index (κ3) is 16.1. The molecular weight excluding hydrogens is 1040 g/mol. The Morgan fingerprint density at radius 2 is 1.35 bits per heavy atom. The molecule has 4 aromatic rings. The first-order valence-electron chi connectivity index (χ1n) is 25.3. The van der Waals surface area contributed by atoms with E-state index < -0.39 is 61.0 Å². The fourth-order valence-corrected chi connectivity index (χ4v) is 12.7. The molecule has 410 valence electrons. The van der Waals surface area contributed by atoms with Crippen LogP contribution in [0.5, 0.6) is 0 Å². The lowest BCUT2D eigenvalue weighted by Gasteiger charge is -2.46. The molecule has 1 aliphatic heterocycles. The highest BCUT2D eigenvalue weighted by Gasteiger charge is 2.49. The van der Waals surface area contributed by atoms with Crippen LogP contribution in [-0.2, 0) is 25.4 Å². The second kappa shape index (κ2) is 29.8. The lowest BCUT2D eigenvalue weighted by atomic mass is 9.82. The van der Waals surface area contributed by atoms with Crippen molar-refractivity contribution in [1.29, 1.82) is 0 Å². The number of aryl methyl sites for hydroxylation is 1. The van der Waals surface area contributed by atoms with Crippen LogP contribution in [0.3, 0.4) is 0 Å². The van der Waals surface area contributed by atoms with E-state index in [2.05, 4.69) is 36.6 Å². The topological polar surface area (TPSA) is 350 Å². The number of anilines is 2. The minimum absolute atomic E-state index is 0.0142. The highest BCUT2D eigenvalue weighted by Crippen LogP contribution is 2.37. The number of nitrogens with one attached hydrogen (secondary N) is 6. The Hall–Kier alpha value is -3.87. The maximum Gasteiger partial charge on any atom is 0.249 e. The summed E-state index contributed by atoms with van der Waals surface area (Å²) >= 11 is 0. The summed E-state index contributed by atoms with van der Waals surface area (Å²) in [6.45, 7) is 4.53. The van der Waals surface area contributed by atoms with Crippen molar-refractivity contribution in [2.24, 2.45) is 22.9 Å². The maximum absolute atomic E-state index is 13.9. The number of rotatable bonds is 30. The molecular formula is C50H71N11O10S4. The molecule has 21 nitrogen and oxygen atoms in total. The number of nitrogens with zero attached hydrogens (tertiary/aromatic N) is 1. The number of carbonyl (C=O) groups is 3. The molecule has 2 aromatic heterocycles. The lowest BCUT2D eigenvalue weighted by molar-refractivity contribution is -0.290. The summed E-state index contributed by atoms with van der Waals surface area (Å²) in [5, 5.41) is 49.1. The molecule has 75 heavy (non-hydrogen) atoms. The van der Waals surface area contributed by atoms with Gasteiger partial charge in [0.1, 0.15) is 36.2 Å². The van der Waals surface area contributed by atoms with Crippen LogP contribution < -0.4 is 55.1 Å². The van der Waals surface area contributed by atoms with E-state index in [1.165, 1.54) is 6.07 Å². The molecule has 1 saturated heterocycles. The van der Waals surface area contributed by atoms with E-state index in [-0.39, 0.29) is 42.6 Å². The van der Waals surface area contributed by atoms with Gasteiger partial charge in [-0.05, 0) is 49.6 Å². The van der Waals surface area contributed by atoms with E-state index in [9.17, 15) is 34.5 Å². The standard InChI is InChI=1S/C50H71N11O10S4/c51-27-36-45(67)46(68)41(54)50(70-36)71-47-33(53)26-32(52)44(66)48(47)69-21-25-75-74-24-20-56-16-18-58-35-11-10-34(39-40(35)43(65)31-6-2-1-5-30(31)42(39)64)57-17-15-55-19-23-73-72-22-13-37(62)59-14-3-4-29-9-7-28-8-12-38(63)61-49(28)60-29/h1-2,5-12,32-33,36,41,44-48,50,55-58,66-68H,3-4,13-27,51-54H2,(H,59,62)(H,60,61,63)/t32-,33+,36-,41-,44+,45-,46-,47-,48-,50-/m1/s1. The molecule has 1 amide bonds. The van der Waals surface area contributed by atoms with Crippen LogP contribution in [-0.4, -0.2) is 186 Å². The van der Waals surface area contributed by atoms with Crippen molar-refractivity contribution in [2.45, 2.75) is 86.7 Å². The fourth-order valence-electron chi connectivity index (χ4n) is 9.01. The third-order valence-electron chi connectivity index (χ3n) is 13.0. The molecule has 2 fully saturated rings. The van der Waals surface area contributed by atoms with Gasteiger partial charge in [0.05, 0.1) is 29.9 Å². The largest absolute Gasteiger partial charge is 0.389 e. The van der Waals surface area contributed by atoms with Crippen molar-refractivity contribution in [3.8, 4) is 0 Å². The zero-order chi connectivity index (χ0) is 53.3. The monoisotopic (exact) mass is 1110 g/mol. The third-order valence-corrected chi connectivity index (χ3v) is 17.8. The molecule has 0 bridgehead atoms. The first kappa shape index (κ1) is 58.8. The summed E-state index contributed by atoms with van der Waals surface area (Å²) in [5.41, 5.74) is 28.4. The van der Waals surface area contributed by atoms with Crippen molar-refractivity contribution in [2.75, 3.05) is 92.6 Å². The Labute approximate surface area is 451 Å². The van der Waals surface area contributed by atoms with Gasteiger partial charge in [-0.25, -0.2) is 4.98 Å². The molecule has 1 saturated carbocycles. The predicted octanol–water partition coefficient (Wildman–Crippen LogP) is 0.526. The Morgan fingerprint density at radius 3 is 2.00 bits per heavy atom. The number of pyridine rings is 2. The number of hydrogen-bond acceptors (Lipinski definition) is 23. The minimum atomic E-state index is -1.33. The number of benzene rings is 2. The van der Waals surface area contributed by atoms with E-state index in [0.29, 0.717) is 103 Å². The van der Waals surface area contributed by atoms with E-state index in [1.54, 1.807) is 73.5 Å². The van der Waals surface area contributed by atoms with Crippen LogP contribution in [0.1, 0.15) is 56.8 Å². The molecule has 2 aliphatic carbocycles. The molecule has 0 radical (unpaired) electrons. The van der Waals surface area contributed by atoms with E-state index >= 15 is 0 Å². The number of aliphatic hydroxyl groups is 3. The number of aromatic nitrogens is 2. The Morgan fingerprint density at radius 1 is 0.720 bits per heavy atom. The van der Waals surface area contributed by atoms with Crippen LogP contribution in [0.4, 0.5) is 11.4 Å². The van der Waals surface area contributed by atoms with Gasteiger partial charge in [0, 0.05) is 134 Å². The highest BCUT2D eigenvalue weighted by molar-refractivity contribution is 8.77. The number of carbonyl (C=O) groups excluding carboxylic acids is 3. The summed E-state index contributed by atoms with van der Waals surface area (Å²) in [7, 11) is 6.63. The molecule has 7 rings (SSSR count). The number of hydrogen-bond donors (Lipinski definition) is 13. The van der Waals surface area contributed by atoms with Gasteiger partial charge in [-0.15, -0.1) is 0 Å². The predicted molar refractivity (Wildman–Crippen MR) is 300 cm³/mol. The van der Waals surface area contributed by atoms with Gasteiger partial charge in [-0.1, -0.05) is 67.4 Å². The van der Waals surface area contributed by atoms with E-state index in [0.717, 1.165) is 35.6 Å². The Balaban J connectivity index is 0.760. The van der Waals surface area contributed by atoms with Crippen LogP contribution in [0, 0.1) is 0 Å². The number of H-pyrrole nitrogens is 1. The maximum atomic E-state index is 13.9. The quantitative estimate of drug-likeness (QED) is 0.0220. The molecule has 2 aromatic carbocycles. The average Bonchev–Trinajstić information content (AvgIpc) is 3.41. The van der Waals surface area contributed by atoms with Crippen molar-refractivity contribution < 1.29 is 43.9 Å². The normalized spacial score (nSPS) is 24.5. The number of ether oxygens (including phenoxy) is 3. The molecule has 3 heterocycles. The summed E-state index contributed by atoms with van der Waals surface area (Å²) in [6, 6.07) is 15.4. The smallest absolute Gasteiger partial charge is 0.249 e. The molecule has 17 N–H and O–H groups in total. The van der Waals surface area contributed by atoms with Crippen molar-refractivity contribution in [3.05, 3.63) is 99.0 Å². The van der Waals surface area contributed by atoms with E-state index in [4.69, 9.17) is 37.1 Å². The van der Waals surface area contributed by atoms with Crippen molar-refractivity contribution in [1.82, 2.24) is 25.9 Å². The van der Waals surface area contributed by atoms with Crippen LogP contribution in [0.25, 0.3) is 11.0 Å². The first-order chi connectivity index (χ1) is 36.4. The number of ketones is 2. The fraction of sp³-hybridized carbons (Fsp3) is 0.540. The number of aliphatic hydroxyl groups excluding tert-OH is 3. The van der Waals surface area contributed by atoms with Crippen molar-refractivity contribution >= 4 is 83.1 Å². The van der Waals surface area contributed by atoms with Crippen LogP contribution in [0.2, 0.25) is 0 Å². The zero-order valence-corrected chi connectivity index (χ0v) is 44.9. The van der Waals surface area contributed by atoms with Crippen LogP contribution >= 0.6 is 43.2 Å². The second-order valence-electron chi connectivity index (χ2n) is 18.3. The summed E-state index contributed by atoms with van der Waals surface area (Å²) in [5.74, 6) is 2.55. The molecule has 3 aliphatic rings. The van der Waals surface area contributed by atoms with Gasteiger partial charge in [-0.3, -0.25) is 19.2 Å². The zero-order valence-electron chi connectivity index (χ0n) is 41.7. The molecule has 25 heteroatoms. The summed E-state index contributed by atoms with van der Waals surface area (Å²) in [6.07, 6.45) is -5.29. The number of nitrogens with two attached hydrogens (primary N) is 4. The summed E-state index contributed by atoms with van der Waals surface area (Å²) in [4.78, 5) is 59.1. The summed E-state index contributed by atoms with van der Waals surface area (Å²) < 4.78 is 18.0. The molecule has 10 atom stereocenters. The average molecular weight is 1110 g/mol. The van der Waals surface area contributed by atoms with Gasteiger partial charge in [0.25, 0.3) is 0 Å². The molecule has 0 spiro atoms. The highest BCUT2D eigenvalue weighted by atomic mass is 33.1. The van der Waals surface area contributed by atoms with Gasteiger partial charge in [-0.2, -0.15) is 0 Å².